The number of fused-ring (bicyclic) bond motifs is 3. The van der Waals surface area contributed by atoms with Crippen LogP contribution in [0.4, 0.5) is 4.39 Å². The van der Waals surface area contributed by atoms with Crippen LogP contribution < -0.4 is 0 Å². The summed E-state index contributed by atoms with van der Waals surface area (Å²) >= 11 is 1.60. The van der Waals surface area contributed by atoms with Crippen LogP contribution in [0.2, 0.25) is 0 Å². The number of nitrogens with zero attached hydrogens (tertiary/aromatic N) is 3. The summed E-state index contributed by atoms with van der Waals surface area (Å²) in [6, 6.07) is 12.4. The summed E-state index contributed by atoms with van der Waals surface area (Å²) in [7, 11) is 0. The Morgan fingerprint density at radius 2 is 2.00 bits per heavy atom. The lowest BCUT2D eigenvalue weighted by molar-refractivity contribution is 0.177. The van der Waals surface area contributed by atoms with Crippen molar-refractivity contribution in [2.24, 2.45) is 4.99 Å². The maximum absolute atomic E-state index is 14.4. The Morgan fingerprint density at radius 3 is 2.79 bits per heavy atom. The zero-order valence-electron chi connectivity index (χ0n) is 12.8. The number of rotatable bonds is 2. The maximum atomic E-state index is 14.4. The number of hydrogen-bond acceptors (Lipinski definition) is 4. The van der Waals surface area contributed by atoms with E-state index >= 15 is 0 Å². The van der Waals surface area contributed by atoms with Crippen LogP contribution in [0.25, 0.3) is 5.69 Å². The zero-order valence-corrected chi connectivity index (χ0v) is 13.7. The SMILES string of the molecule is CSc1ccc2c(c1)C(c1ccccc1F)=NC(O)c1nccn1-2. The molecule has 1 aliphatic heterocycles. The Balaban J connectivity index is 2.04. The number of thioether (sulfide) groups is 1. The molecule has 0 spiro atoms. The minimum atomic E-state index is -1.15. The van der Waals surface area contributed by atoms with E-state index in [9.17, 15) is 9.50 Å². The van der Waals surface area contributed by atoms with Gasteiger partial charge in [-0.15, -0.1) is 11.8 Å². The van der Waals surface area contributed by atoms with Crippen molar-refractivity contribution in [1.82, 2.24) is 9.55 Å². The second kappa shape index (κ2) is 5.89. The third kappa shape index (κ3) is 2.35. The van der Waals surface area contributed by atoms with Gasteiger partial charge in [-0.25, -0.2) is 14.4 Å². The summed E-state index contributed by atoms with van der Waals surface area (Å²) in [4.78, 5) is 9.61. The molecule has 0 saturated carbocycles. The van der Waals surface area contributed by atoms with Gasteiger partial charge in [-0.05, 0) is 36.6 Å². The van der Waals surface area contributed by atoms with Crippen molar-refractivity contribution < 1.29 is 9.50 Å². The molecule has 1 aliphatic rings. The Kier molecular flexibility index (Phi) is 3.70. The van der Waals surface area contributed by atoms with E-state index < -0.39 is 6.23 Å². The number of aliphatic imine (C=N–C) groups is 1. The minimum absolute atomic E-state index is 0.363. The van der Waals surface area contributed by atoms with Gasteiger partial charge in [0.15, 0.2) is 5.82 Å². The lowest BCUT2D eigenvalue weighted by atomic mass is 10.00. The summed E-state index contributed by atoms with van der Waals surface area (Å²) in [6.45, 7) is 0. The predicted octanol–water partition coefficient (Wildman–Crippen LogP) is 3.58. The van der Waals surface area contributed by atoms with Crippen LogP contribution in [0.1, 0.15) is 23.2 Å². The average molecular weight is 339 g/mol. The Labute approximate surface area is 142 Å². The van der Waals surface area contributed by atoms with Gasteiger partial charge in [0.25, 0.3) is 0 Å². The number of hydrogen-bond donors (Lipinski definition) is 1. The molecule has 3 aromatic rings. The van der Waals surface area contributed by atoms with Gasteiger partial charge in [0.1, 0.15) is 5.82 Å². The summed E-state index contributed by atoms with van der Waals surface area (Å²) in [6.07, 6.45) is 4.22. The largest absolute Gasteiger partial charge is 0.365 e. The summed E-state index contributed by atoms with van der Waals surface area (Å²) in [5, 5.41) is 10.5. The number of imidazole rings is 1. The molecule has 24 heavy (non-hydrogen) atoms. The molecular weight excluding hydrogens is 325 g/mol. The standard InChI is InChI=1S/C18H14FN3OS/c1-24-11-6-7-15-13(10-11)16(12-4-2-3-5-14(12)19)21-18(23)17-20-8-9-22(15)17/h2-10,18,23H,1H3. The van der Waals surface area contributed by atoms with Gasteiger partial charge >= 0.3 is 0 Å². The van der Waals surface area contributed by atoms with Crippen molar-refractivity contribution in [3.8, 4) is 5.69 Å². The van der Waals surface area contributed by atoms with E-state index in [0.29, 0.717) is 17.1 Å². The van der Waals surface area contributed by atoms with Gasteiger partial charge in [-0.2, -0.15) is 0 Å². The van der Waals surface area contributed by atoms with Crippen LogP contribution in [-0.4, -0.2) is 26.6 Å². The van der Waals surface area contributed by atoms with Gasteiger partial charge < -0.3 is 5.11 Å². The van der Waals surface area contributed by atoms with E-state index in [2.05, 4.69) is 9.98 Å². The lowest BCUT2D eigenvalue weighted by Crippen LogP contribution is -2.09. The van der Waals surface area contributed by atoms with Crippen LogP contribution in [0.5, 0.6) is 0 Å². The molecule has 0 bridgehead atoms. The van der Waals surface area contributed by atoms with Crippen molar-refractivity contribution >= 4 is 17.5 Å². The topological polar surface area (TPSA) is 50.4 Å². The van der Waals surface area contributed by atoms with Gasteiger partial charge in [0, 0.05) is 28.4 Å². The first-order valence-corrected chi connectivity index (χ1v) is 8.64. The summed E-state index contributed by atoms with van der Waals surface area (Å²) in [5.74, 6) is 0.0444. The van der Waals surface area contributed by atoms with E-state index in [-0.39, 0.29) is 5.82 Å². The molecule has 2 aromatic carbocycles. The smallest absolute Gasteiger partial charge is 0.205 e. The van der Waals surface area contributed by atoms with Crippen LogP contribution in [0.15, 0.2) is 64.7 Å². The molecule has 2 heterocycles. The Morgan fingerprint density at radius 1 is 1.17 bits per heavy atom. The van der Waals surface area contributed by atoms with Gasteiger partial charge in [0.2, 0.25) is 6.23 Å². The molecule has 0 radical (unpaired) electrons. The van der Waals surface area contributed by atoms with Crippen LogP contribution in [-0.2, 0) is 0 Å². The first-order valence-electron chi connectivity index (χ1n) is 7.42. The van der Waals surface area contributed by atoms with Crippen molar-refractivity contribution in [2.45, 2.75) is 11.1 Å². The fourth-order valence-electron chi connectivity index (χ4n) is 2.87. The lowest BCUT2D eigenvalue weighted by Gasteiger charge is -2.13. The van der Waals surface area contributed by atoms with Crippen LogP contribution in [0.3, 0.4) is 0 Å². The van der Waals surface area contributed by atoms with Crippen molar-refractivity contribution in [2.75, 3.05) is 6.26 Å². The summed E-state index contributed by atoms with van der Waals surface area (Å²) < 4.78 is 16.2. The third-order valence-electron chi connectivity index (χ3n) is 4.00. The van der Waals surface area contributed by atoms with E-state index in [0.717, 1.165) is 16.1 Å². The second-order valence-corrected chi connectivity index (χ2v) is 6.25. The molecule has 4 nitrogen and oxygen atoms in total. The molecule has 120 valence electrons. The highest BCUT2D eigenvalue weighted by Gasteiger charge is 2.25. The van der Waals surface area contributed by atoms with Gasteiger partial charge in [0.05, 0.1) is 11.4 Å². The number of halogens is 1. The fourth-order valence-corrected chi connectivity index (χ4v) is 3.31. The molecule has 0 aliphatic carbocycles. The van der Waals surface area contributed by atoms with E-state index in [1.54, 1.807) is 46.9 Å². The minimum Gasteiger partial charge on any atom is -0.365 e. The molecule has 0 fully saturated rings. The Bertz CT molecular complexity index is 951. The van der Waals surface area contributed by atoms with E-state index in [1.165, 1.54) is 6.07 Å². The average Bonchev–Trinajstić information content (AvgIpc) is 3.05. The Hall–Kier alpha value is -2.44. The highest BCUT2D eigenvalue weighted by atomic mass is 32.2. The number of aliphatic hydroxyl groups excluding tert-OH is 1. The van der Waals surface area contributed by atoms with Gasteiger partial charge in [-0.1, -0.05) is 12.1 Å². The molecule has 1 N–H and O–H groups in total. The molecule has 1 unspecified atom stereocenters. The molecular formula is C18H14FN3OS. The molecule has 1 aromatic heterocycles. The van der Waals surface area contributed by atoms with Crippen molar-refractivity contribution in [1.29, 1.82) is 0 Å². The summed E-state index contributed by atoms with van der Waals surface area (Å²) in [5.41, 5.74) is 2.38. The number of benzene rings is 2. The third-order valence-corrected chi connectivity index (χ3v) is 4.72. The van der Waals surface area contributed by atoms with Crippen LogP contribution in [0, 0.1) is 5.82 Å². The van der Waals surface area contributed by atoms with E-state index in [1.807, 2.05) is 24.5 Å². The maximum Gasteiger partial charge on any atom is 0.205 e. The first-order chi connectivity index (χ1) is 11.7. The highest BCUT2D eigenvalue weighted by molar-refractivity contribution is 7.98. The molecule has 6 heteroatoms. The first kappa shape index (κ1) is 15.1. The quantitative estimate of drug-likeness (QED) is 0.726. The molecule has 0 amide bonds. The number of aromatic nitrogens is 2. The zero-order chi connectivity index (χ0) is 16.7. The van der Waals surface area contributed by atoms with Crippen LogP contribution >= 0.6 is 11.8 Å². The number of aliphatic hydroxyl groups is 1. The fraction of sp³-hybridized carbons (Fsp3) is 0.111. The molecule has 4 rings (SSSR count). The van der Waals surface area contributed by atoms with E-state index in [4.69, 9.17) is 0 Å². The second-order valence-electron chi connectivity index (χ2n) is 5.37. The van der Waals surface area contributed by atoms with Crippen molar-refractivity contribution in [3.05, 3.63) is 77.6 Å². The molecule has 1 atom stereocenters. The highest BCUT2D eigenvalue weighted by Crippen LogP contribution is 2.31. The monoisotopic (exact) mass is 339 g/mol. The van der Waals surface area contributed by atoms with Gasteiger partial charge in [-0.3, -0.25) is 4.57 Å². The van der Waals surface area contributed by atoms with Crippen molar-refractivity contribution in [3.63, 3.8) is 0 Å². The molecule has 0 saturated heterocycles. The normalized spacial score (nSPS) is 16.1. The predicted molar refractivity (Wildman–Crippen MR) is 92.3 cm³/mol.